The minimum Gasteiger partial charge on any atom is -0.506 e. The highest BCUT2D eigenvalue weighted by Gasteiger charge is 2.39. The highest BCUT2D eigenvalue weighted by atomic mass is 79.9. The summed E-state index contributed by atoms with van der Waals surface area (Å²) in [6, 6.07) is 17.2. The number of amides is 3. The topological polar surface area (TPSA) is 98.7 Å². The zero-order valence-electron chi connectivity index (χ0n) is 16.6. The van der Waals surface area contributed by atoms with E-state index >= 15 is 0 Å². The van der Waals surface area contributed by atoms with Crippen LogP contribution in [0.3, 0.4) is 0 Å². The molecule has 166 valence electrons. The average molecular weight is 547 g/mol. The number of phenols is 1. The van der Waals surface area contributed by atoms with Gasteiger partial charge in [0.15, 0.2) is 0 Å². The largest absolute Gasteiger partial charge is 0.506 e. The molecule has 0 unspecified atom stereocenters. The van der Waals surface area contributed by atoms with Crippen molar-refractivity contribution in [2.24, 2.45) is 0 Å². The van der Waals surface area contributed by atoms with Crippen molar-refractivity contribution in [2.75, 3.05) is 15.5 Å². The summed E-state index contributed by atoms with van der Waals surface area (Å²) in [6.45, 7) is 0. The number of anilines is 3. The van der Waals surface area contributed by atoms with Crippen molar-refractivity contribution in [1.82, 2.24) is 0 Å². The fraction of sp³-hybridized carbons (Fsp3) is 0. The van der Waals surface area contributed by atoms with Gasteiger partial charge in [0.25, 0.3) is 17.7 Å². The van der Waals surface area contributed by atoms with Crippen molar-refractivity contribution in [3.63, 3.8) is 0 Å². The maximum absolute atomic E-state index is 12.9. The van der Waals surface area contributed by atoms with Crippen LogP contribution in [-0.4, -0.2) is 22.8 Å². The van der Waals surface area contributed by atoms with Crippen molar-refractivity contribution in [1.29, 1.82) is 0 Å². The summed E-state index contributed by atoms with van der Waals surface area (Å²) in [6.07, 6.45) is 0. The molecule has 3 aromatic carbocycles. The summed E-state index contributed by atoms with van der Waals surface area (Å²) in [5, 5.41) is 15.4. The number of hydrogen-bond acceptors (Lipinski definition) is 5. The predicted octanol–water partition coefficient (Wildman–Crippen LogP) is 5.50. The van der Waals surface area contributed by atoms with Gasteiger partial charge in [-0.2, -0.15) is 0 Å². The Hall–Kier alpha value is -3.33. The zero-order valence-corrected chi connectivity index (χ0v) is 19.7. The van der Waals surface area contributed by atoms with E-state index in [0.717, 1.165) is 9.37 Å². The van der Waals surface area contributed by atoms with Crippen LogP contribution in [0.4, 0.5) is 17.1 Å². The molecule has 1 aliphatic rings. The first-order valence-electron chi connectivity index (χ1n) is 9.45. The van der Waals surface area contributed by atoms with Crippen LogP contribution in [0.1, 0.15) is 10.4 Å². The van der Waals surface area contributed by atoms with E-state index < -0.39 is 17.7 Å². The second-order valence-corrected chi connectivity index (χ2v) is 8.66. The number of nitrogens with one attached hydrogen (secondary N) is 2. The lowest BCUT2D eigenvalue weighted by atomic mass is 10.1. The van der Waals surface area contributed by atoms with Crippen molar-refractivity contribution >= 4 is 73.9 Å². The smallest absolute Gasteiger partial charge is 0.283 e. The summed E-state index contributed by atoms with van der Waals surface area (Å²) in [5.74, 6) is -1.92. The van der Waals surface area contributed by atoms with Gasteiger partial charge in [0, 0.05) is 20.7 Å². The highest BCUT2D eigenvalue weighted by molar-refractivity contribution is 9.10. The number of aromatic hydroxyl groups is 1. The SMILES string of the molecule is O=C(Nc1cc(Cl)ccc1O)c1cccc(NC2=C(Cl)C(=O)N(c3ccc(Br)cc3)C2=O)c1. The molecule has 0 saturated heterocycles. The molecule has 33 heavy (non-hydrogen) atoms. The summed E-state index contributed by atoms with van der Waals surface area (Å²) in [5.41, 5.74) is 1.02. The number of carbonyl (C=O) groups is 3. The molecule has 4 rings (SSSR count). The summed E-state index contributed by atoms with van der Waals surface area (Å²) in [4.78, 5) is 39.1. The number of nitrogens with zero attached hydrogens (tertiary/aromatic N) is 1. The molecule has 0 aromatic heterocycles. The van der Waals surface area contributed by atoms with Crippen LogP contribution in [0.5, 0.6) is 5.75 Å². The normalized spacial score (nSPS) is 13.5. The molecule has 0 saturated carbocycles. The van der Waals surface area contributed by atoms with Gasteiger partial charge in [-0.25, -0.2) is 4.90 Å². The van der Waals surface area contributed by atoms with E-state index in [0.29, 0.717) is 16.4 Å². The maximum atomic E-state index is 12.9. The zero-order chi connectivity index (χ0) is 23.7. The van der Waals surface area contributed by atoms with E-state index in [1.807, 2.05) is 0 Å². The molecule has 3 amide bonds. The Morgan fingerprint density at radius 2 is 1.67 bits per heavy atom. The van der Waals surface area contributed by atoms with Crippen molar-refractivity contribution in [3.05, 3.63) is 92.5 Å². The Balaban J connectivity index is 1.55. The average Bonchev–Trinajstić information content (AvgIpc) is 3.00. The van der Waals surface area contributed by atoms with E-state index in [9.17, 15) is 19.5 Å². The Morgan fingerprint density at radius 1 is 0.939 bits per heavy atom. The van der Waals surface area contributed by atoms with Crippen LogP contribution < -0.4 is 15.5 Å². The highest BCUT2D eigenvalue weighted by Crippen LogP contribution is 2.31. The number of carbonyl (C=O) groups excluding carboxylic acids is 3. The molecule has 0 bridgehead atoms. The van der Waals surface area contributed by atoms with Gasteiger partial charge in [-0.15, -0.1) is 0 Å². The third-order valence-electron chi connectivity index (χ3n) is 4.71. The molecular weight excluding hydrogens is 533 g/mol. The van der Waals surface area contributed by atoms with Gasteiger partial charge >= 0.3 is 0 Å². The Kier molecular flexibility index (Phi) is 6.42. The van der Waals surface area contributed by atoms with Gasteiger partial charge in [0.2, 0.25) is 0 Å². The van der Waals surface area contributed by atoms with Crippen LogP contribution >= 0.6 is 39.1 Å². The van der Waals surface area contributed by atoms with Gasteiger partial charge in [-0.1, -0.05) is 45.2 Å². The standard InChI is InChI=1S/C23H14BrCl2N3O4/c24-13-4-7-16(8-5-13)29-22(32)19(26)20(23(29)33)27-15-3-1-2-12(10-15)21(31)28-17-11-14(25)6-9-18(17)30/h1-11,27,30H,(H,28,31). The minimum atomic E-state index is -0.656. The summed E-state index contributed by atoms with van der Waals surface area (Å²) in [7, 11) is 0. The van der Waals surface area contributed by atoms with Crippen LogP contribution in [-0.2, 0) is 9.59 Å². The molecule has 0 spiro atoms. The second kappa shape index (κ2) is 9.27. The van der Waals surface area contributed by atoms with Crippen molar-refractivity contribution in [3.8, 4) is 5.75 Å². The second-order valence-electron chi connectivity index (χ2n) is 6.93. The van der Waals surface area contributed by atoms with E-state index in [-0.39, 0.29) is 27.7 Å². The maximum Gasteiger partial charge on any atom is 0.283 e. The molecule has 3 N–H and O–H groups in total. The lowest BCUT2D eigenvalue weighted by Crippen LogP contribution is -2.32. The number of halogens is 3. The molecule has 1 aliphatic heterocycles. The van der Waals surface area contributed by atoms with E-state index in [1.165, 1.54) is 24.3 Å². The van der Waals surface area contributed by atoms with Crippen molar-refractivity contribution < 1.29 is 19.5 Å². The van der Waals surface area contributed by atoms with Crippen LogP contribution in [0.15, 0.2) is 81.9 Å². The Labute approximate surface area is 206 Å². The van der Waals surface area contributed by atoms with Gasteiger partial charge in [-0.05, 0) is 60.7 Å². The van der Waals surface area contributed by atoms with Crippen molar-refractivity contribution in [2.45, 2.75) is 0 Å². The third-order valence-corrected chi connectivity index (χ3v) is 5.83. The number of phenolic OH excluding ortho intramolecular Hbond substituents is 1. The lowest BCUT2D eigenvalue weighted by molar-refractivity contribution is -0.120. The molecule has 10 heteroatoms. The quantitative estimate of drug-likeness (QED) is 0.290. The number of imide groups is 1. The van der Waals surface area contributed by atoms with Crippen LogP contribution in [0, 0.1) is 0 Å². The molecule has 0 atom stereocenters. The molecule has 0 aliphatic carbocycles. The molecular formula is C23H14BrCl2N3O4. The molecule has 7 nitrogen and oxygen atoms in total. The lowest BCUT2D eigenvalue weighted by Gasteiger charge is -2.15. The van der Waals surface area contributed by atoms with E-state index in [1.54, 1.807) is 42.5 Å². The summed E-state index contributed by atoms with van der Waals surface area (Å²) < 4.78 is 0.795. The van der Waals surface area contributed by atoms with Crippen LogP contribution in [0.25, 0.3) is 0 Å². The number of benzene rings is 3. The van der Waals surface area contributed by atoms with E-state index in [4.69, 9.17) is 23.2 Å². The first kappa shape index (κ1) is 22.8. The number of hydrogen-bond donors (Lipinski definition) is 3. The number of rotatable bonds is 5. The predicted molar refractivity (Wildman–Crippen MR) is 131 cm³/mol. The summed E-state index contributed by atoms with van der Waals surface area (Å²) >= 11 is 15.4. The third kappa shape index (κ3) is 4.73. The monoisotopic (exact) mass is 545 g/mol. The fourth-order valence-electron chi connectivity index (χ4n) is 3.12. The van der Waals surface area contributed by atoms with Gasteiger partial charge in [-0.3, -0.25) is 14.4 Å². The molecule has 0 fully saturated rings. The molecule has 3 aromatic rings. The molecule has 0 radical (unpaired) electrons. The van der Waals surface area contributed by atoms with Gasteiger partial charge in [0.1, 0.15) is 16.5 Å². The first-order valence-corrected chi connectivity index (χ1v) is 11.0. The van der Waals surface area contributed by atoms with E-state index in [2.05, 4.69) is 26.6 Å². The molecule has 1 heterocycles. The minimum absolute atomic E-state index is 0.102. The Morgan fingerprint density at radius 3 is 2.39 bits per heavy atom. The first-order chi connectivity index (χ1) is 15.7. The van der Waals surface area contributed by atoms with Gasteiger partial charge < -0.3 is 15.7 Å². The fourth-order valence-corrected chi connectivity index (χ4v) is 3.77. The Bertz CT molecular complexity index is 1330. The van der Waals surface area contributed by atoms with Gasteiger partial charge in [0.05, 0.1) is 11.4 Å². The van der Waals surface area contributed by atoms with Crippen LogP contribution in [0.2, 0.25) is 5.02 Å².